The Labute approximate surface area is 128 Å². The summed E-state index contributed by atoms with van der Waals surface area (Å²) in [7, 11) is 0. The van der Waals surface area contributed by atoms with Crippen LogP contribution in [0.3, 0.4) is 0 Å². The first kappa shape index (κ1) is 15.8. The third kappa shape index (κ3) is 3.18. The normalized spacial score (nSPS) is 36.3. The summed E-state index contributed by atoms with van der Waals surface area (Å²) in [5.41, 5.74) is 1.23. The maximum Gasteiger partial charge on any atom is 0.152 e. The average molecular weight is 283 g/mol. The minimum absolute atomic E-state index is 0.0269. The Morgan fingerprint density at radius 2 is 2.24 bits per heavy atom. The van der Waals surface area contributed by atoms with Crippen LogP contribution in [-0.2, 0) is 4.79 Å². The number of nitrogens with zero attached hydrogens (tertiary/aromatic N) is 1. The van der Waals surface area contributed by atoms with Crippen LogP contribution in [0.2, 0.25) is 0 Å². The molecule has 2 rings (SSSR count). The summed E-state index contributed by atoms with van der Waals surface area (Å²) in [6.07, 6.45) is 14.2. The minimum Gasteiger partial charge on any atom is -0.295 e. The summed E-state index contributed by atoms with van der Waals surface area (Å²) >= 11 is 0. The van der Waals surface area contributed by atoms with Gasteiger partial charge >= 0.3 is 0 Å². The molecule has 4 atom stereocenters. The second-order valence-electron chi connectivity index (χ2n) is 6.81. The lowest BCUT2D eigenvalue weighted by Crippen LogP contribution is -2.43. The number of allylic oxidation sites excluding steroid dienone is 6. The zero-order valence-electron chi connectivity index (χ0n) is 13.3. The second kappa shape index (κ2) is 6.43. The van der Waals surface area contributed by atoms with Gasteiger partial charge in [-0.2, -0.15) is 5.26 Å². The van der Waals surface area contributed by atoms with Gasteiger partial charge in [0.2, 0.25) is 0 Å². The lowest BCUT2D eigenvalue weighted by molar-refractivity contribution is -0.112. The van der Waals surface area contributed by atoms with Gasteiger partial charge in [-0.3, -0.25) is 4.79 Å². The Hall–Kier alpha value is -1.62. The zero-order valence-corrected chi connectivity index (χ0v) is 13.3. The monoisotopic (exact) mass is 283 g/mol. The predicted octanol–water partition coefficient (Wildman–Crippen LogP) is 4.60. The highest BCUT2D eigenvalue weighted by atomic mass is 16.1. The molecule has 1 saturated carbocycles. The molecular weight excluding hydrogens is 258 g/mol. The van der Waals surface area contributed by atoms with E-state index in [2.05, 4.69) is 26.0 Å². The van der Waals surface area contributed by atoms with E-state index >= 15 is 0 Å². The molecule has 0 aromatic heterocycles. The SMILES string of the molecule is CC(=O)/C=C/C=C/C1=CCC2C(C)CCCC2(C)C1C#N. The number of nitriles is 1. The van der Waals surface area contributed by atoms with Gasteiger partial charge in [-0.15, -0.1) is 0 Å². The molecular formula is C19H25NO. The minimum atomic E-state index is -0.0269. The molecule has 0 aromatic rings. The van der Waals surface area contributed by atoms with Gasteiger partial charge < -0.3 is 0 Å². The fraction of sp³-hybridized carbons (Fsp3) is 0.579. The first-order valence-electron chi connectivity index (χ1n) is 7.94. The molecule has 112 valence electrons. The molecule has 0 saturated heterocycles. The fourth-order valence-corrected chi connectivity index (χ4v) is 4.21. The Bertz CT molecular complexity index is 534. The van der Waals surface area contributed by atoms with E-state index in [1.54, 1.807) is 12.2 Å². The summed E-state index contributed by atoms with van der Waals surface area (Å²) in [5, 5.41) is 9.70. The standard InChI is InChI=1S/C19H25NO/c1-14-7-6-12-19(3)17(14)11-10-16(18(19)13-20)9-5-4-8-15(2)21/h4-5,8-10,14,17-18H,6-7,11-12H2,1-3H3/b8-4+,9-5+. The molecule has 0 amide bonds. The number of rotatable bonds is 3. The van der Waals surface area contributed by atoms with Crippen molar-refractivity contribution < 1.29 is 4.79 Å². The zero-order chi connectivity index (χ0) is 15.5. The summed E-state index contributed by atoms with van der Waals surface area (Å²) < 4.78 is 0. The van der Waals surface area contributed by atoms with Crippen molar-refractivity contribution in [3.05, 3.63) is 36.0 Å². The second-order valence-corrected chi connectivity index (χ2v) is 6.81. The van der Waals surface area contributed by atoms with E-state index < -0.39 is 0 Å². The van der Waals surface area contributed by atoms with Crippen LogP contribution in [0.15, 0.2) is 36.0 Å². The maximum atomic E-state index is 10.9. The van der Waals surface area contributed by atoms with Crippen LogP contribution < -0.4 is 0 Å². The highest BCUT2D eigenvalue weighted by Crippen LogP contribution is 2.55. The molecule has 0 aromatic carbocycles. The Kier molecular flexibility index (Phi) is 4.83. The molecule has 0 N–H and O–H groups in total. The molecule has 0 spiro atoms. The smallest absolute Gasteiger partial charge is 0.152 e. The highest BCUT2D eigenvalue weighted by Gasteiger charge is 2.48. The van der Waals surface area contributed by atoms with E-state index in [0.29, 0.717) is 11.8 Å². The predicted molar refractivity (Wildman–Crippen MR) is 85.4 cm³/mol. The number of hydrogen-bond donors (Lipinski definition) is 0. The van der Waals surface area contributed by atoms with E-state index in [-0.39, 0.29) is 17.1 Å². The van der Waals surface area contributed by atoms with Gasteiger partial charge in [0.1, 0.15) is 0 Å². The van der Waals surface area contributed by atoms with Gasteiger partial charge in [0.15, 0.2) is 5.78 Å². The molecule has 0 heterocycles. The topological polar surface area (TPSA) is 40.9 Å². The van der Waals surface area contributed by atoms with Crippen molar-refractivity contribution in [1.82, 2.24) is 0 Å². The van der Waals surface area contributed by atoms with Crippen LogP contribution in [0.4, 0.5) is 0 Å². The van der Waals surface area contributed by atoms with Gasteiger partial charge in [0, 0.05) is 0 Å². The van der Waals surface area contributed by atoms with Crippen LogP contribution in [-0.4, -0.2) is 5.78 Å². The molecule has 1 fully saturated rings. The molecule has 0 aliphatic heterocycles. The van der Waals surface area contributed by atoms with E-state index in [4.69, 9.17) is 0 Å². The number of carbonyl (C=O) groups is 1. The van der Waals surface area contributed by atoms with Gasteiger partial charge in [-0.05, 0) is 48.7 Å². The van der Waals surface area contributed by atoms with E-state index in [1.807, 2.05) is 12.2 Å². The summed E-state index contributed by atoms with van der Waals surface area (Å²) in [6, 6.07) is 2.55. The number of hydrogen-bond acceptors (Lipinski definition) is 2. The molecule has 2 nitrogen and oxygen atoms in total. The number of fused-ring (bicyclic) bond motifs is 1. The van der Waals surface area contributed by atoms with Gasteiger partial charge in [0.25, 0.3) is 0 Å². The quantitative estimate of drug-likeness (QED) is 0.561. The molecule has 0 radical (unpaired) electrons. The van der Waals surface area contributed by atoms with Crippen molar-refractivity contribution >= 4 is 5.78 Å². The van der Waals surface area contributed by atoms with Gasteiger partial charge in [-0.1, -0.05) is 51.0 Å². The van der Waals surface area contributed by atoms with Crippen molar-refractivity contribution in [1.29, 1.82) is 5.26 Å². The summed E-state index contributed by atoms with van der Waals surface area (Å²) in [4.78, 5) is 10.9. The first-order valence-corrected chi connectivity index (χ1v) is 7.94. The molecule has 21 heavy (non-hydrogen) atoms. The lowest BCUT2D eigenvalue weighted by Gasteiger charge is -2.50. The highest BCUT2D eigenvalue weighted by molar-refractivity contribution is 5.87. The molecule has 0 bridgehead atoms. The van der Waals surface area contributed by atoms with Crippen LogP contribution >= 0.6 is 0 Å². The van der Waals surface area contributed by atoms with Crippen molar-refractivity contribution in [3.63, 3.8) is 0 Å². The summed E-state index contributed by atoms with van der Waals surface area (Å²) in [5.74, 6) is 1.35. The van der Waals surface area contributed by atoms with Crippen molar-refractivity contribution in [2.24, 2.45) is 23.2 Å². The Morgan fingerprint density at radius 3 is 2.90 bits per heavy atom. The molecule has 4 unspecified atom stereocenters. The molecule has 2 heteroatoms. The van der Waals surface area contributed by atoms with E-state index in [0.717, 1.165) is 18.4 Å². The van der Waals surface area contributed by atoms with Gasteiger partial charge in [0.05, 0.1) is 12.0 Å². The lowest BCUT2D eigenvalue weighted by atomic mass is 9.53. The van der Waals surface area contributed by atoms with Crippen molar-refractivity contribution in [2.75, 3.05) is 0 Å². The van der Waals surface area contributed by atoms with Crippen LogP contribution in [0.5, 0.6) is 0 Å². The molecule has 2 aliphatic carbocycles. The Balaban J connectivity index is 2.24. The number of carbonyl (C=O) groups excluding carboxylic acids is 1. The summed E-state index contributed by atoms with van der Waals surface area (Å²) in [6.45, 7) is 6.17. The van der Waals surface area contributed by atoms with Crippen molar-refractivity contribution in [2.45, 2.75) is 46.5 Å². The van der Waals surface area contributed by atoms with Crippen molar-refractivity contribution in [3.8, 4) is 6.07 Å². The fourth-order valence-electron chi connectivity index (χ4n) is 4.21. The van der Waals surface area contributed by atoms with E-state index in [9.17, 15) is 10.1 Å². The number of ketones is 1. The van der Waals surface area contributed by atoms with Crippen LogP contribution in [0.1, 0.15) is 46.5 Å². The third-order valence-electron chi connectivity index (χ3n) is 5.37. The van der Waals surface area contributed by atoms with E-state index in [1.165, 1.54) is 19.8 Å². The van der Waals surface area contributed by atoms with Crippen LogP contribution in [0, 0.1) is 34.5 Å². The Morgan fingerprint density at radius 1 is 1.48 bits per heavy atom. The first-order chi connectivity index (χ1) is 9.99. The average Bonchev–Trinajstić information content (AvgIpc) is 2.42. The van der Waals surface area contributed by atoms with Gasteiger partial charge in [-0.25, -0.2) is 0 Å². The largest absolute Gasteiger partial charge is 0.295 e. The maximum absolute atomic E-state index is 10.9. The third-order valence-corrected chi connectivity index (χ3v) is 5.37. The molecule has 2 aliphatic rings. The van der Waals surface area contributed by atoms with Crippen LogP contribution in [0.25, 0.3) is 0 Å².